The molecule has 5 nitrogen and oxygen atoms in total. The lowest BCUT2D eigenvalue weighted by molar-refractivity contribution is 0.143. The number of anilines is 1. The van der Waals surface area contributed by atoms with Gasteiger partial charge in [-0.2, -0.15) is 5.26 Å². The van der Waals surface area contributed by atoms with E-state index in [-0.39, 0.29) is 5.92 Å². The summed E-state index contributed by atoms with van der Waals surface area (Å²) in [4.78, 5) is 12.2. The molecule has 3 N–H and O–H groups in total. The van der Waals surface area contributed by atoms with Gasteiger partial charge in [-0.1, -0.05) is 72.8 Å². The Hall–Kier alpha value is -4.04. The van der Waals surface area contributed by atoms with Crippen LogP contribution < -0.4 is 11.1 Å². The van der Waals surface area contributed by atoms with Crippen LogP contribution in [0.1, 0.15) is 34.6 Å². The second kappa shape index (κ2) is 9.19. The van der Waals surface area contributed by atoms with Gasteiger partial charge in [0.05, 0.1) is 11.3 Å². The topological polar surface area (TPSA) is 88.1 Å². The Morgan fingerprint density at radius 1 is 1.03 bits per heavy atom. The molecule has 0 spiro atoms. The summed E-state index contributed by atoms with van der Waals surface area (Å²) in [6.07, 6.45) is 3.93. The highest BCUT2D eigenvalue weighted by molar-refractivity contribution is 5.79. The molecule has 0 saturated carbocycles. The highest BCUT2D eigenvalue weighted by Gasteiger charge is 2.28. The molecule has 0 aromatic heterocycles. The van der Waals surface area contributed by atoms with Gasteiger partial charge in [0.25, 0.3) is 0 Å². The highest BCUT2D eigenvalue weighted by Crippen LogP contribution is 2.44. The Bertz CT molecular complexity index is 1130. The average molecular weight is 409 g/mol. The Labute approximate surface area is 181 Å². The number of rotatable bonds is 6. The fourth-order valence-electron chi connectivity index (χ4n) is 3.97. The molecule has 0 fully saturated rings. The maximum atomic E-state index is 12.2. The summed E-state index contributed by atoms with van der Waals surface area (Å²) < 4.78 is 5.52. The summed E-state index contributed by atoms with van der Waals surface area (Å²) in [5.41, 5.74) is 12.3. The Morgan fingerprint density at radius 2 is 1.71 bits per heavy atom. The molecule has 154 valence electrons. The summed E-state index contributed by atoms with van der Waals surface area (Å²) >= 11 is 0. The monoisotopic (exact) mass is 409 g/mol. The maximum Gasteiger partial charge on any atom is 0.407 e. The van der Waals surface area contributed by atoms with E-state index >= 15 is 0 Å². The summed E-state index contributed by atoms with van der Waals surface area (Å²) in [6, 6.07) is 24.0. The molecular weight excluding hydrogens is 386 g/mol. The SMILES string of the molecule is N#Cc1c(N)cccc1C=CCCNC(=O)OCC1c2ccccc2-c2ccccc21. The Kier molecular flexibility index (Phi) is 6.00. The molecule has 1 aliphatic rings. The quantitative estimate of drug-likeness (QED) is 0.439. The number of carbonyl (C=O) groups is 1. The molecule has 0 bridgehead atoms. The van der Waals surface area contributed by atoms with Crippen molar-refractivity contribution in [1.82, 2.24) is 5.32 Å². The van der Waals surface area contributed by atoms with Gasteiger partial charge in [-0.05, 0) is 40.3 Å². The lowest BCUT2D eigenvalue weighted by Gasteiger charge is -2.14. The maximum absolute atomic E-state index is 12.2. The predicted molar refractivity (Wildman–Crippen MR) is 122 cm³/mol. The van der Waals surface area contributed by atoms with Crippen molar-refractivity contribution in [3.8, 4) is 17.2 Å². The van der Waals surface area contributed by atoms with Gasteiger partial charge in [0, 0.05) is 12.5 Å². The van der Waals surface area contributed by atoms with Crippen molar-refractivity contribution in [2.45, 2.75) is 12.3 Å². The molecule has 0 atom stereocenters. The number of hydrogen-bond acceptors (Lipinski definition) is 4. The fraction of sp³-hybridized carbons (Fsp3) is 0.154. The number of ether oxygens (including phenoxy) is 1. The molecule has 0 unspecified atom stereocenters. The number of nitrogens with zero attached hydrogens (tertiary/aromatic N) is 1. The molecule has 5 heteroatoms. The highest BCUT2D eigenvalue weighted by atomic mass is 16.5. The third-order valence-corrected chi connectivity index (χ3v) is 5.46. The number of nitriles is 1. The first kappa shape index (κ1) is 20.2. The van der Waals surface area contributed by atoms with Gasteiger partial charge >= 0.3 is 6.09 Å². The number of nitrogens with one attached hydrogen (secondary N) is 1. The number of carbonyl (C=O) groups excluding carboxylic acids is 1. The smallest absolute Gasteiger partial charge is 0.407 e. The van der Waals surface area contributed by atoms with Crippen LogP contribution in [-0.4, -0.2) is 19.2 Å². The van der Waals surface area contributed by atoms with Crippen molar-refractivity contribution in [2.75, 3.05) is 18.9 Å². The van der Waals surface area contributed by atoms with Crippen LogP contribution in [0.15, 0.2) is 72.8 Å². The lowest BCUT2D eigenvalue weighted by atomic mass is 9.98. The van der Waals surface area contributed by atoms with Crippen molar-refractivity contribution >= 4 is 17.9 Å². The number of alkyl carbamates (subject to hydrolysis) is 1. The third-order valence-electron chi connectivity index (χ3n) is 5.46. The van der Waals surface area contributed by atoms with Crippen LogP contribution in [0.25, 0.3) is 17.2 Å². The molecule has 1 amide bonds. The first-order valence-electron chi connectivity index (χ1n) is 10.2. The number of nitrogen functional groups attached to an aromatic ring is 1. The lowest BCUT2D eigenvalue weighted by Crippen LogP contribution is -2.26. The van der Waals surface area contributed by atoms with Crippen molar-refractivity contribution < 1.29 is 9.53 Å². The van der Waals surface area contributed by atoms with Crippen LogP contribution in [0.3, 0.4) is 0 Å². The molecule has 31 heavy (non-hydrogen) atoms. The van der Waals surface area contributed by atoms with E-state index in [0.29, 0.717) is 30.8 Å². The van der Waals surface area contributed by atoms with Crippen molar-refractivity contribution in [3.05, 3.63) is 95.1 Å². The molecule has 1 aliphatic carbocycles. The summed E-state index contributed by atoms with van der Waals surface area (Å²) in [7, 11) is 0. The second-order valence-corrected chi connectivity index (χ2v) is 7.37. The third kappa shape index (κ3) is 4.29. The summed E-state index contributed by atoms with van der Waals surface area (Å²) in [5, 5.41) is 12.0. The van der Waals surface area contributed by atoms with Gasteiger partial charge in [0.2, 0.25) is 0 Å². The standard InChI is InChI=1S/C26H23N3O2/c27-16-23-18(9-7-14-25(23)28)8-5-6-15-29-26(30)31-17-24-21-12-3-1-10-19(21)20-11-2-4-13-22(20)24/h1-5,7-14,24H,6,15,17,28H2,(H,29,30). The van der Waals surface area contributed by atoms with Gasteiger partial charge in [0.1, 0.15) is 12.7 Å². The molecule has 0 heterocycles. The number of benzene rings is 3. The van der Waals surface area contributed by atoms with E-state index < -0.39 is 6.09 Å². The molecule has 0 saturated heterocycles. The first-order valence-corrected chi connectivity index (χ1v) is 10.2. The van der Waals surface area contributed by atoms with E-state index in [1.54, 1.807) is 6.07 Å². The van der Waals surface area contributed by atoms with Crippen LogP contribution in [0.5, 0.6) is 0 Å². The van der Waals surface area contributed by atoms with E-state index in [9.17, 15) is 10.1 Å². The van der Waals surface area contributed by atoms with E-state index in [0.717, 1.165) is 5.56 Å². The zero-order valence-corrected chi connectivity index (χ0v) is 17.0. The molecular formula is C26H23N3O2. The minimum absolute atomic E-state index is 0.0472. The van der Waals surface area contributed by atoms with Crippen molar-refractivity contribution in [3.63, 3.8) is 0 Å². The number of nitrogens with two attached hydrogens (primary N) is 1. The van der Waals surface area contributed by atoms with Crippen LogP contribution >= 0.6 is 0 Å². The van der Waals surface area contributed by atoms with Crippen molar-refractivity contribution in [1.29, 1.82) is 5.26 Å². The molecule has 4 rings (SSSR count). The Morgan fingerprint density at radius 3 is 2.39 bits per heavy atom. The molecule has 3 aromatic carbocycles. The normalized spacial score (nSPS) is 12.2. The van der Waals surface area contributed by atoms with Gasteiger partial charge < -0.3 is 15.8 Å². The largest absolute Gasteiger partial charge is 0.449 e. The summed E-state index contributed by atoms with van der Waals surface area (Å²) in [6.45, 7) is 0.738. The minimum atomic E-state index is -0.433. The average Bonchev–Trinajstić information content (AvgIpc) is 3.11. The number of hydrogen-bond donors (Lipinski definition) is 2. The zero-order valence-electron chi connectivity index (χ0n) is 17.0. The van der Waals surface area contributed by atoms with Gasteiger partial charge in [-0.15, -0.1) is 0 Å². The van der Waals surface area contributed by atoms with E-state index in [4.69, 9.17) is 10.5 Å². The van der Waals surface area contributed by atoms with E-state index in [1.807, 2.05) is 48.6 Å². The number of amides is 1. The first-order chi connectivity index (χ1) is 15.2. The number of fused-ring (bicyclic) bond motifs is 3. The fourth-order valence-corrected chi connectivity index (χ4v) is 3.97. The van der Waals surface area contributed by atoms with Gasteiger partial charge in [-0.25, -0.2) is 4.79 Å². The zero-order chi connectivity index (χ0) is 21.6. The predicted octanol–water partition coefficient (Wildman–Crippen LogP) is 5.08. The van der Waals surface area contributed by atoms with Crippen LogP contribution in [-0.2, 0) is 4.74 Å². The van der Waals surface area contributed by atoms with Gasteiger partial charge in [-0.3, -0.25) is 0 Å². The second-order valence-electron chi connectivity index (χ2n) is 7.37. The minimum Gasteiger partial charge on any atom is -0.449 e. The summed E-state index contributed by atoms with van der Waals surface area (Å²) in [5.74, 6) is 0.0472. The molecule has 0 radical (unpaired) electrons. The van der Waals surface area contributed by atoms with Crippen molar-refractivity contribution in [2.24, 2.45) is 0 Å². The molecule has 0 aliphatic heterocycles. The van der Waals surface area contributed by atoms with Gasteiger partial charge in [0.15, 0.2) is 0 Å². The van der Waals surface area contributed by atoms with Crippen LogP contribution in [0.2, 0.25) is 0 Å². The molecule has 3 aromatic rings. The van der Waals surface area contributed by atoms with Crippen LogP contribution in [0, 0.1) is 11.3 Å². The Balaban J connectivity index is 1.29. The van der Waals surface area contributed by atoms with E-state index in [1.165, 1.54) is 22.3 Å². The van der Waals surface area contributed by atoms with Crippen LogP contribution in [0.4, 0.5) is 10.5 Å². The van der Waals surface area contributed by atoms with E-state index in [2.05, 4.69) is 35.7 Å².